The maximum atomic E-state index is 6.90. The molecule has 0 bridgehead atoms. The fraction of sp³-hybridized carbons (Fsp3) is 0.182. The maximum Gasteiger partial charge on any atom is 0.0402 e. The van der Waals surface area contributed by atoms with Gasteiger partial charge in [0.05, 0.1) is 0 Å². The van der Waals surface area contributed by atoms with Gasteiger partial charge >= 0.3 is 0 Å². The van der Waals surface area contributed by atoms with E-state index in [4.69, 9.17) is 11.1 Å². The first-order chi connectivity index (χ1) is 6.15. The third kappa shape index (κ3) is 2.18. The summed E-state index contributed by atoms with van der Waals surface area (Å²) in [4.78, 5) is 0. The first-order valence-corrected chi connectivity index (χ1v) is 4.19. The molecule has 0 radical (unpaired) electrons. The number of rotatable bonds is 2. The quantitative estimate of drug-likeness (QED) is 0.664. The van der Waals surface area contributed by atoms with Crippen molar-refractivity contribution in [3.63, 3.8) is 0 Å². The van der Waals surface area contributed by atoms with Gasteiger partial charge in [-0.1, -0.05) is 12.1 Å². The fourth-order valence-corrected chi connectivity index (χ4v) is 1.11. The standard InChI is InChI=1S/C11H14N2/c1-8-3-4-10(7-9(8)2)11(13)5-6-12/h3-7,12H,13H2,1-2H3/b11-5-,12-6?. The highest BCUT2D eigenvalue weighted by Crippen LogP contribution is 2.13. The summed E-state index contributed by atoms with van der Waals surface area (Å²) in [5, 5.41) is 6.90. The Morgan fingerprint density at radius 1 is 1.31 bits per heavy atom. The lowest BCUT2D eigenvalue weighted by Gasteiger charge is -2.04. The van der Waals surface area contributed by atoms with Gasteiger partial charge in [-0.3, -0.25) is 0 Å². The molecule has 0 atom stereocenters. The van der Waals surface area contributed by atoms with Crippen molar-refractivity contribution in [2.24, 2.45) is 5.73 Å². The fourth-order valence-electron chi connectivity index (χ4n) is 1.11. The molecule has 2 heteroatoms. The predicted molar refractivity (Wildman–Crippen MR) is 56.9 cm³/mol. The van der Waals surface area contributed by atoms with Gasteiger partial charge in [-0.2, -0.15) is 0 Å². The number of hydrogen-bond acceptors (Lipinski definition) is 2. The topological polar surface area (TPSA) is 49.9 Å². The minimum absolute atomic E-state index is 0.637. The van der Waals surface area contributed by atoms with Crippen LogP contribution in [-0.2, 0) is 0 Å². The second-order valence-electron chi connectivity index (χ2n) is 3.09. The van der Waals surface area contributed by atoms with Crippen LogP contribution in [0, 0.1) is 19.3 Å². The van der Waals surface area contributed by atoms with E-state index in [2.05, 4.69) is 13.8 Å². The van der Waals surface area contributed by atoms with Crippen LogP contribution in [0.5, 0.6) is 0 Å². The highest BCUT2D eigenvalue weighted by molar-refractivity contribution is 5.81. The van der Waals surface area contributed by atoms with Crippen LogP contribution >= 0.6 is 0 Å². The highest BCUT2D eigenvalue weighted by Gasteiger charge is 1.97. The summed E-state index contributed by atoms with van der Waals surface area (Å²) in [5.41, 5.74) is 9.83. The number of hydrogen-bond donors (Lipinski definition) is 2. The van der Waals surface area contributed by atoms with Crippen LogP contribution in [-0.4, -0.2) is 6.21 Å². The number of aryl methyl sites for hydroxylation is 2. The Bertz CT molecular complexity index is 351. The van der Waals surface area contributed by atoms with Gasteiger partial charge in [0.15, 0.2) is 0 Å². The first-order valence-electron chi connectivity index (χ1n) is 4.19. The molecule has 0 heterocycles. The summed E-state index contributed by atoms with van der Waals surface area (Å²) in [6, 6.07) is 6.04. The second-order valence-corrected chi connectivity index (χ2v) is 3.09. The molecule has 0 aromatic heterocycles. The largest absolute Gasteiger partial charge is 0.398 e. The Kier molecular flexibility index (Phi) is 2.85. The van der Waals surface area contributed by atoms with Gasteiger partial charge in [0.25, 0.3) is 0 Å². The van der Waals surface area contributed by atoms with E-state index in [1.54, 1.807) is 6.08 Å². The van der Waals surface area contributed by atoms with E-state index in [0.717, 1.165) is 5.56 Å². The van der Waals surface area contributed by atoms with Crippen molar-refractivity contribution >= 4 is 11.9 Å². The molecule has 0 fully saturated rings. The number of allylic oxidation sites excluding steroid dienone is 1. The van der Waals surface area contributed by atoms with Crippen LogP contribution in [0.15, 0.2) is 24.3 Å². The SMILES string of the molecule is Cc1ccc(/C(N)=C/C=N)cc1C. The van der Waals surface area contributed by atoms with Crippen molar-refractivity contribution in [3.8, 4) is 0 Å². The third-order valence-corrected chi connectivity index (χ3v) is 2.10. The molecule has 0 spiro atoms. The van der Waals surface area contributed by atoms with Crippen molar-refractivity contribution < 1.29 is 0 Å². The molecule has 0 unspecified atom stereocenters. The Balaban J connectivity index is 3.10. The molecule has 0 aliphatic rings. The lowest BCUT2D eigenvalue weighted by atomic mass is 10.0. The van der Waals surface area contributed by atoms with Crippen LogP contribution < -0.4 is 5.73 Å². The smallest absolute Gasteiger partial charge is 0.0402 e. The molecule has 1 aromatic carbocycles. The van der Waals surface area contributed by atoms with E-state index in [-0.39, 0.29) is 0 Å². The molecule has 2 nitrogen and oxygen atoms in total. The van der Waals surface area contributed by atoms with E-state index in [9.17, 15) is 0 Å². The zero-order valence-corrected chi connectivity index (χ0v) is 7.96. The maximum absolute atomic E-state index is 6.90. The van der Waals surface area contributed by atoms with Gasteiger partial charge in [-0.15, -0.1) is 0 Å². The van der Waals surface area contributed by atoms with Gasteiger partial charge in [0.1, 0.15) is 0 Å². The predicted octanol–water partition coefficient (Wildman–Crippen LogP) is 2.25. The van der Waals surface area contributed by atoms with Crippen LogP contribution in [0.4, 0.5) is 0 Å². The zero-order chi connectivity index (χ0) is 9.84. The van der Waals surface area contributed by atoms with Crippen molar-refractivity contribution in [1.29, 1.82) is 5.41 Å². The molecule has 0 saturated heterocycles. The molecular formula is C11H14N2. The molecule has 1 aromatic rings. The number of nitrogens with one attached hydrogen (secondary N) is 1. The van der Waals surface area contributed by atoms with Crippen LogP contribution in [0.3, 0.4) is 0 Å². The van der Waals surface area contributed by atoms with E-state index in [1.807, 2.05) is 18.2 Å². The zero-order valence-electron chi connectivity index (χ0n) is 7.96. The summed E-state index contributed by atoms with van der Waals surface area (Å²) in [6.45, 7) is 4.12. The lowest BCUT2D eigenvalue weighted by Crippen LogP contribution is -1.97. The summed E-state index contributed by atoms with van der Waals surface area (Å²) in [7, 11) is 0. The van der Waals surface area contributed by atoms with E-state index < -0.39 is 0 Å². The van der Waals surface area contributed by atoms with Crippen molar-refractivity contribution in [1.82, 2.24) is 0 Å². The molecule has 1 rings (SSSR count). The Morgan fingerprint density at radius 3 is 2.54 bits per heavy atom. The minimum atomic E-state index is 0.637. The highest BCUT2D eigenvalue weighted by atomic mass is 14.6. The summed E-state index contributed by atoms with van der Waals surface area (Å²) in [5.74, 6) is 0. The van der Waals surface area contributed by atoms with Crippen LogP contribution in [0.25, 0.3) is 5.70 Å². The van der Waals surface area contributed by atoms with Gasteiger partial charge < -0.3 is 11.1 Å². The third-order valence-electron chi connectivity index (χ3n) is 2.10. The van der Waals surface area contributed by atoms with Crippen molar-refractivity contribution in [2.45, 2.75) is 13.8 Å². The molecule has 0 amide bonds. The molecule has 3 N–H and O–H groups in total. The van der Waals surface area contributed by atoms with E-state index in [0.29, 0.717) is 5.70 Å². The Labute approximate surface area is 78.6 Å². The molecular weight excluding hydrogens is 160 g/mol. The average molecular weight is 174 g/mol. The number of nitrogens with two attached hydrogens (primary N) is 1. The van der Waals surface area contributed by atoms with Crippen LogP contribution in [0.1, 0.15) is 16.7 Å². The van der Waals surface area contributed by atoms with Gasteiger partial charge in [0.2, 0.25) is 0 Å². The molecule has 13 heavy (non-hydrogen) atoms. The van der Waals surface area contributed by atoms with Gasteiger partial charge in [0, 0.05) is 11.9 Å². The normalized spacial score (nSPS) is 11.4. The average Bonchev–Trinajstić information content (AvgIpc) is 2.10. The van der Waals surface area contributed by atoms with Gasteiger partial charge in [-0.05, 0) is 42.7 Å². The Morgan fingerprint density at radius 2 is 2.00 bits per heavy atom. The van der Waals surface area contributed by atoms with E-state index >= 15 is 0 Å². The summed E-state index contributed by atoms with van der Waals surface area (Å²) < 4.78 is 0. The van der Waals surface area contributed by atoms with Gasteiger partial charge in [-0.25, -0.2) is 0 Å². The van der Waals surface area contributed by atoms with E-state index in [1.165, 1.54) is 17.3 Å². The monoisotopic (exact) mass is 174 g/mol. The lowest BCUT2D eigenvalue weighted by molar-refractivity contribution is 1.32. The summed E-state index contributed by atoms with van der Waals surface area (Å²) >= 11 is 0. The molecule has 68 valence electrons. The van der Waals surface area contributed by atoms with Crippen molar-refractivity contribution in [2.75, 3.05) is 0 Å². The Hall–Kier alpha value is -1.57. The molecule has 0 aliphatic carbocycles. The molecule has 0 aliphatic heterocycles. The van der Waals surface area contributed by atoms with Crippen molar-refractivity contribution in [3.05, 3.63) is 41.0 Å². The van der Waals surface area contributed by atoms with Crippen LogP contribution in [0.2, 0.25) is 0 Å². The molecule has 0 saturated carbocycles. The summed E-state index contributed by atoms with van der Waals surface area (Å²) in [6.07, 6.45) is 2.79. The first kappa shape index (κ1) is 9.52. The second kappa shape index (κ2) is 3.90. The minimum Gasteiger partial charge on any atom is -0.398 e. The number of benzene rings is 1.